The highest BCUT2D eigenvalue weighted by molar-refractivity contribution is 7.98. The fourth-order valence-electron chi connectivity index (χ4n) is 2.25. The number of pyridine rings is 1. The summed E-state index contributed by atoms with van der Waals surface area (Å²) in [5, 5.41) is 9.30. The minimum atomic E-state index is -0.410. The zero-order valence-electron chi connectivity index (χ0n) is 12.8. The number of hydrogen-bond donors (Lipinski definition) is 1. The first-order valence-electron chi connectivity index (χ1n) is 6.50. The molecular formula is C16H16N2O3S. The predicted octanol–water partition coefficient (Wildman–Crippen LogP) is 2.96. The lowest BCUT2D eigenvalue weighted by molar-refractivity contribution is 0.395. The normalized spacial score (nSPS) is 10.1. The molecule has 0 radical (unpaired) electrons. The number of aromatic nitrogens is 1. The molecule has 1 aromatic heterocycles. The maximum atomic E-state index is 12.0. The molecule has 0 spiro atoms. The van der Waals surface area contributed by atoms with Gasteiger partial charge in [0.1, 0.15) is 23.1 Å². The second-order valence-corrected chi connectivity index (χ2v) is 5.44. The van der Waals surface area contributed by atoms with Crippen LogP contribution in [0.4, 0.5) is 0 Å². The van der Waals surface area contributed by atoms with Crippen LogP contribution in [0.25, 0.3) is 11.1 Å². The van der Waals surface area contributed by atoms with Crippen molar-refractivity contribution in [3.05, 3.63) is 39.8 Å². The standard InChI is InChI=1S/C16H16N2O3S/c1-9-5-10(12(8-17)16(19)18-9)11-6-14(21-3)15(22-4)7-13(11)20-2/h5-7H,1-4H3,(H,18,19). The number of nitrogens with one attached hydrogen (secondary N) is 1. The highest BCUT2D eigenvalue weighted by atomic mass is 32.2. The molecule has 0 unspecified atom stereocenters. The van der Waals surface area contributed by atoms with Crippen LogP contribution in [0.15, 0.2) is 27.9 Å². The van der Waals surface area contributed by atoms with Gasteiger partial charge < -0.3 is 14.5 Å². The van der Waals surface area contributed by atoms with Gasteiger partial charge in [-0.2, -0.15) is 5.26 Å². The van der Waals surface area contributed by atoms with Crippen molar-refractivity contribution in [2.75, 3.05) is 20.5 Å². The minimum absolute atomic E-state index is 0.0582. The molecule has 0 saturated carbocycles. The van der Waals surface area contributed by atoms with E-state index < -0.39 is 5.56 Å². The Morgan fingerprint density at radius 1 is 1.14 bits per heavy atom. The molecule has 0 aliphatic heterocycles. The van der Waals surface area contributed by atoms with E-state index in [1.165, 1.54) is 11.8 Å². The summed E-state index contributed by atoms with van der Waals surface area (Å²) < 4.78 is 10.8. The molecule has 0 fully saturated rings. The smallest absolute Gasteiger partial charge is 0.266 e. The number of aromatic amines is 1. The number of ether oxygens (including phenoxy) is 2. The molecule has 0 bridgehead atoms. The van der Waals surface area contributed by atoms with Gasteiger partial charge in [0, 0.05) is 16.8 Å². The van der Waals surface area contributed by atoms with Gasteiger partial charge in [-0.1, -0.05) is 0 Å². The number of aryl methyl sites for hydroxylation is 1. The lowest BCUT2D eigenvalue weighted by Gasteiger charge is -2.15. The number of rotatable bonds is 4. The number of benzene rings is 1. The van der Waals surface area contributed by atoms with Crippen LogP contribution in [0, 0.1) is 18.3 Å². The number of methoxy groups -OCH3 is 2. The van der Waals surface area contributed by atoms with Gasteiger partial charge >= 0.3 is 0 Å². The van der Waals surface area contributed by atoms with Gasteiger partial charge in [-0.3, -0.25) is 4.79 Å². The lowest BCUT2D eigenvalue weighted by atomic mass is 9.99. The highest BCUT2D eigenvalue weighted by Crippen LogP contribution is 2.40. The Morgan fingerprint density at radius 2 is 1.82 bits per heavy atom. The number of nitriles is 1. The summed E-state index contributed by atoms with van der Waals surface area (Å²) in [6.45, 7) is 1.77. The van der Waals surface area contributed by atoms with E-state index in [1.54, 1.807) is 33.3 Å². The molecule has 0 aliphatic carbocycles. The Morgan fingerprint density at radius 3 is 2.36 bits per heavy atom. The van der Waals surface area contributed by atoms with Crippen LogP contribution in [0.5, 0.6) is 11.5 Å². The van der Waals surface area contributed by atoms with Crippen molar-refractivity contribution < 1.29 is 9.47 Å². The summed E-state index contributed by atoms with van der Waals surface area (Å²) in [5.74, 6) is 1.26. The average molecular weight is 316 g/mol. The molecule has 0 saturated heterocycles. The fourth-order valence-corrected chi connectivity index (χ4v) is 2.82. The molecule has 0 aliphatic rings. The molecule has 5 nitrogen and oxygen atoms in total. The van der Waals surface area contributed by atoms with E-state index in [2.05, 4.69) is 4.98 Å². The molecule has 0 atom stereocenters. The van der Waals surface area contributed by atoms with Crippen LogP contribution in [0.1, 0.15) is 11.3 Å². The topological polar surface area (TPSA) is 75.1 Å². The van der Waals surface area contributed by atoms with Crippen LogP contribution < -0.4 is 15.0 Å². The van der Waals surface area contributed by atoms with Gasteiger partial charge in [-0.25, -0.2) is 0 Å². The number of hydrogen-bond acceptors (Lipinski definition) is 5. The summed E-state index contributed by atoms with van der Waals surface area (Å²) in [5.41, 5.74) is 1.51. The lowest BCUT2D eigenvalue weighted by Crippen LogP contribution is -2.13. The van der Waals surface area contributed by atoms with Crippen LogP contribution in [-0.4, -0.2) is 25.5 Å². The molecule has 0 amide bonds. The second-order valence-electron chi connectivity index (χ2n) is 4.59. The minimum Gasteiger partial charge on any atom is -0.496 e. The Bertz CT molecular complexity index is 806. The zero-order chi connectivity index (χ0) is 16.3. The zero-order valence-corrected chi connectivity index (χ0v) is 13.6. The van der Waals surface area contributed by atoms with Gasteiger partial charge in [0.05, 0.1) is 19.1 Å². The first-order chi connectivity index (χ1) is 10.5. The maximum Gasteiger partial charge on any atom is 0.266 e. The summed E-state index contributed by atoms with van der Waals surface area (Å²) in [6, 6.07) is 7.36. The van der Waals surface area contributed by atoms with Gasteiger partial charge in [-0.15, -0.1) is 11.8 Å². The van der Waals surface area contributed by atoms with Crippen LogP contribution in [0.2, 0.25) is 0 Å². The SMILES string of the molecule is COc1cc(-c2cc(C)[nH]c(=O)c2C#N)c(OC)cc1SC. The Hall–Kier alpha value is -2.39. The monoisotopic (exact) mass is 316 g/mol. The first kappa shape index (κ1) is 16.0. The number of H-pyrrole nitrogens is 1. The number of nitrogens with zero attached hydrogens (tertiary/aromatic N) is 1. The molecule has 1 N–H and O–H groups in total. The first-order valence-corrected chi connectivity index (χ1v) is 7.72. The van der Waals surface area contributed by atoms with E-state index in [4.69, 9.17) is 9.47 Å². The van der Waals surface area contributed by atoms with Gasteiger partial charge in [0.2, 0.25) is 0 Å². The van der Waals surface area contributed by atoms with Gasteiger partial charge in [0.15, 0.2) is 0 Å². The van der Waals surface area contributed by atoms with Crippen LogP contribution >= 0.6 is 11.8 Å². The largest absolute Gasteiger partial charge is 0.496 e. The average Bonchev–Trinajstić information content (AvgIpc) is 2.52. The van der Waals surface area contributed by atoms with Gasteiger partial charge in [0.25, 0.3) is 5.56 Å². The highest BCUT2D eigenvalue weighted by Gasteiger charge is 2.17. The van der Waals surface area contributed by atoms with E-state index in [1.807, 2.05) is 18.4 Å². The quantitative estimate of drug-likeness (QED) is 0.878. The summed E-state index contributed by atoms with van der Waals surface area (Å²) in [4.78, 5) is 15.5. The molecule has 2 rings (SSSR count). The summed E-state index contributed by atoms with van der Waals surface area (Å²) in [6.07, 6.45) is 1.94. The summed E-state index contributed by atoms with van der Waals surface area (Å²) >= 11 is 1.53. The molecule has 22 heavy (non-hydrogen) atoms. The van der Waals surface area contributed by atoms with Crippen molar-refractivity contribution in [2.24, 2.45) is 0 Å². The van der Waals surface area contributed by atoms with Crippen LogP contribution in [-0.2, 0) is 0 Å². The molecule has 6 heteroatoms. The molecule has 1 aromatic carbocycles. The van der Waals surface area contributed by atoms with Crippen molar-refractivity contribution in [2.45, 2.75) is 11.8 Å². The van der Waals surface area contributed by atoms with Crippen molar-refractivity contribution in [1.82, 2.24) is 4.98 Å². The maximum absolute atomic E-state index is 12.0. The molecule has 114 valence electrons. The van der Waals surface area contributed by atoms with Crippen molar-refractivity contribution in [3.63, 3.8) is 0 Å². The van der Waals surface area contributed by atoms with Crippen molar-refractivity contribution >= 4 is 11.8 Å². The fraction of sp³-hybridized carbons (Fsp3) is 0.250. The Kier molecular flexibility index (Phi) is 4.78. The van der Waals surface area contributed by atoms with E-state index in [-0.39, 0.29) is 5.56 Å². The van der Waals surface area contributed by atoms with E-state index in [0.29, 0.717) is 28.3 Å². The summed E-state index contributed by atoms with van der Waals surface area (Å²) in [7, 11) is 3.14. The van der Waals surface area contributed by atoms with E-state index in [0.717, 1.165) is 4.90 Å². The van der Waals surface area contributed by atoms with Crippen molar-refractivity contribution in [1.29, 1.82) is 5.26 Å². The second kappa shape index (κ2) is 6.58. The van der Waals surface area contributed by atoms with E-state index >= 15 is 0 Å². The molecule has 1 heterocycles. The molecular weight excluding hydrogens is 300 g/mol. The number of thioether (sulfide) groups is 1. The third-order valence-corrected chi connectivity index (χ3v) is 4.03. The third-order valence-electron chi connectivity index (χ3n) is 3.28. The Labute approximate surface area is 132 Å². The van der Waals surface area contributed by atoms with Crippen molar-refractivity contribution in [3.8, 4) is 28.7 Å². The predicted molar refractivity (Wildman–Crippen MR) is 86.8 cm³/mol. The Balaban J connectivity index is 2.83. The van der Waals surface area contributed by atoms with Gasteiger partial charge in [-0.05, 0) is 31.4 Å². The molecule has 2 aromatic rings. The van der Waals surface area contributed by atoms with Crippen LogP contribution in [0.3, 0.4) is 0 Å². The van der Waals surface area contributed by atoms with E-state index in [9.17, 15) is 10.1 Å². The third kappa shape index (κ3) is 2.81.